The normalized spacial score (nSPS) is 15.0. The zero-order valence-corrected chi connectivity index (χ0v) is 14.6. The quantitative estimate of drug-likeness (QED) is 0.700. The Labute approximate surface area is 155 Å². The average molecular weight is 368 g/mol. The first-order chi connectivity index (χ1) is 13.2. The average Bonchev–Trinajstić information content (AvgIpc) is 2.71. The Morgan fingerprint density at radius 3 is 2.19 bits per heavy atom. The number of halogens is 2. The molecule has 1 aliphatic rings. The van der Waals surface area contributed by atoms with Crippen LogP contribution in [0.25, 0.3) is 11.3 Å². The van der Waals surface area contributed by atoms with Gasteiger partial charge in [-0.05, 0) is 48.5 Å². The Bertz CT molecular complexity index is 895. The van der Waals surface area contributed by atoms with Crippen molar-refractivity contribution < 1.29 is 13.5 Å². The molecule has 4 rings (SSSR count). The van der Waals surface area contributed by atoms with Crippen molar-refractivity contribution >= 4 is 5.95 Å². The Balaban J connectivity index is 1.40. The summed E-state index contributed by atoms with van der Waals surface area (Å²) >= 11 is 0. The third kappa shape index (κ3) is 4.19. The van der Waals surface area contributed by atoms with Gasteiger partial charge in [-0.1, -0.05) is 0 Å². The molecule has 0 spiro atoms. The van der Waals surface area contributed by atoms with E-state index in [1.807, 2.05) is 0 Å². The number of rotatable bonds is 4. The minimum Gasteiger partial charge on any atom is -0.490 e. The second-order valence-corrected chi connectivity index (χ2v) is 6.41. The molecule has 138 valence electrons. The summed E-state index contributed by atoms with van der Waals surface area (Å²) in [4.78, 5) is 6.62. The first-order valence-corrected chi connectivity index (χ1v) is 8.80. The van der Waals surface area contributed by atoms with Crippen LogP contribution in [0, 0.1) is 11.6 Å². The number of benzene rings is 2. The molecular formula is C20H18F2N4O. The van der Waals surface area contributed by atoms with Crippen molar-refractivity contribution in [2.75, 3.05) is 18.0 Å². The van der Waals surface area contributed by atoms with E-state index in [1.54, 1.807) is 30.5 Å². The van der Waals surface area contributed by atoms with E-state index in [4.69, 9.17) is 4.74 Å². The zero-order chi connectivity index (χ0) is 18.6. The van der Waals surface area contributed by atoms with Crippen LogP contribution in [0.3, 0.4) is 0 Å². The van der Waals surface area contributed by atoms with Crippen molar-refractivity contribution in [1.82, 2.24) is 15.2 Å². The van der Waals surface area contributed by atoms with Crippen molar-refractivity contribution in [1.29, 1.82) is 0 Å². The van der Waals surface area contributed by atoms with Gasteiger partial charge in [-0.3, -0.25) is 0 Å². The fraction of sp³-hybridized carbons (Fsp3) is 0.250. The molecule has 0 saturated carbocycles. The lowest BCUT2D eigenvalue weighted by Gasteiger charge is -2.32. The standard InChI is InChI=1S/C20H18F2N4O/c21-15-3-1-14(2-4-15)19-13-23-25-20(24-19)26-11-9-18(10-12-26)27-17-7-5-16(22)6-8-17/h1-8,13,18H,9-12H2. The molecular weight excluding hydrogens is 350 g/mol. The highest BCUT2D eigenvalue weighted by atomic mass is 19.1. The molecule has 1 saturated heterocycles. The van der Waals surface area contributed by atoms with Crippen LogP contribution >= 0.6 is 0 Å². The van der Waals surface area contributed by atoms with Crippen LogP contribution in [0.15, 0.2) is 54.7 Å². The molecule has 0 bridgehead atoms. The lowest BCUT2D eigenvalue weighted by Crippen LogP contribution is -2.39. The van der Waals surface area contributed by atoms with Crippen molar-refractivity contribution in [3.8, 4) is 17.0 Å². The van der Waals surface area contributed by atoms with Gasteiger partial charge in [0.05, 0.1) is 11.9 Å². The zero-order valence-electron chi connectivity index (χ0n) is 14.6. The molecule has 0 atom stereocenters. The van der Waals surface area contributed by atoms with Gasteiger partial charge in [-0.2, -0.15) is 5.10 Å². The minimum atomic E-state index is -0.288. The van der Waals surface area contributed by atoms with E-state index >= 15 is 0 Å². The minimum absolute atomic E-state index is 0.0694. The van der Waals surface area contributed by atoms with Crippen molar-refractivity contribution in [2.24, 2.45) is 0 Å². The predicted molar refractivity (Wildman–Crippen MR) is 97.5 cm³/mol. The van der Waals surface area contributed by atoms with E-state index < -0.39 is 0 Å². The maximum atomic E-state index is 13.1. The fourth-order valence-electron chi connectivity index (χ4n) is 3.07. The smallest absolute Gasteiger partial charge is 0.245 e. The summed E-state index contributed by atoms with van der Waals surface area (Å²) in [5.74, 6) is 0.662. The molecule has 1 aromatic heterocycles. The molecule has 7 heteroatoms. The summed E-state index contributed by atoms with van der Waals surface area (Å²) in [7, 11) is 0. The monoisotopic (exact) mass is 368 g/mol. The number of hydrogen-bond donors (Lipinski definition) is 0. The Hall–Kier alpha value is -3.09. The molecule has 5 nitrogen and oxygen atoms in total. The molecule has 3 aromatic rings. The molecule has 2 aromatic carbocycles. The van der Waals surface area contributed by atoms with Crippen LogP contribution in [0.2, 0.25) is 0 Å². The third-order valence-corrected chi connectivity index (χ3v) is 4.53. The van der Waals surface area contributed by atoms with Crippen LogP contribution in [0.1, 0.15) is 12.8 Å². The number of hydrogen-bond acceptors (Lipinski definition) is 5. The van der Waals surface area contributed by atoms with Gasteiger partial charge in [0.1, 0.15) is 23.5 Å². The number of anilines is 1. The van der Waals surface area contributed by atoms with E-state index in [0.717, 1.165) is 31.5 Å². The summed E-state index contributed by atoms with van der Waals surface area (Å²) in [6.07, 6.45) is 3.25. The molecule has 1 aliphatic heterocycles. The summed E-state index contributed by atoms with van der Waals surface area (Å²) in [5, 5.41) is 8.17. The van der Waals surface area contributed by atoms with Gasteiger partial charge in [0.2, 0.25) is 5.95 Å². The maximum absolute atomic E-state index is 13.1. The van der Waals surface area contributed by atoms with Gasteiger partial charge < -0.3 is 9.64 Å². The summed E-state index contributed by atoms with van der Waals surface area (Å²) in [5.41, 5.74) is 1.45. The van der Waals surface area contributed by atoms with Crippen LogP contribution in [0.5, 0.6) is 5.75 Å². The Morgan fingerprint density at radius 1 is 0.889 bits per heavy atom. The molecule has 0 aliphatic carbocycles. The molecule has 0 radical (unpaired) electrons. The molecule has 0 unspecified atom stereocenters. The van der Waals surface area contributed by atoms with Crippen molar-refractivity contribution in [3.05, 3.63) is 66.4 Å². The van der Waals surface area contributed by atoms with Crippen LogP contribution in [-0.4, -0.2) is 34.4 Å². The van der Waals surface area contributed by atoms with E-state index in [1.165, 1.54) is 24.3 Å². The molecule has 0 amide bonds. The third-order valence-electron chi connectivity index (χ3n) is 4.53. The largest absolute Gasteiger partial charge is 0.490 e. The summed E-state index contributed by atoms with van der Waals surface area (Å²) in [6.45, 7) is 1.47. The van der Waals surface area contributed by atoms with E-state index in [0.29, 0.717) is 17.4 Å². The lowest BCUT2D eigenvalue weighted by molar-refractivity contribution is 0.170. The van der Waals surface area contributed by atoms with E-state index in [9.17, 15) is 8.78 Å². The molecule has 1 fully saturated rings. The van der Waals surface area contributed by atoms with Crippen molar-refractivity contribution in [3.63, 3.8) is 0 Å². The van der Waals surface area contributed by atoms with Gasteiger partial charge in [0.15, 0.2) is 0 Å². The van der Waals surface area contributed by atoms with Gasteiger partial charge >= 0.3 is 0 Å². The van der Waals surface area contributed by atoms with E-state index in [-0.39, 0.29) is 17.7 Å². The van der Waals surface area contributed by atoms with Crippen LogP contribution < -0.4 is 9.64 Å². The van der Waals surface area contributed by atoms with Gasteiger partial charge in [0.25, 0.3) is 0 Å². The topological polar surface area (TPSA) is 51.1 Å². The van der Waals surface area contributed by atoms with Crippen molar-refractivity contribution in [2.45, 2.75) is 18.9 Å². The fourth-order valence-corrected chi connectivity index (χ4v) is 3.07. The van der Waals surface area contributed by atoms with Gasteiger partial charge in [-0.15, -0.1) is 5.10 Å². The number of nitrogens with zero attached hydrogens (tertiary/aromatic N) is 4. The molecule has 0 N–H and O–H groups in total. The predicted octanol–water partition coefficient (Wildman–Crippen LogP) is 3.86. The molecule has 2 heterocycles. The first kappa shape index (κ1) is 17.3. The highest BCUT2D eigenvalue weighted by molar-refractivity contribution is 5.59. The first-order valence-electron chi connectivity index (χ1n) is 8.80. The summed E-state index contributed by atoms with van der Waals surface area (Å²) in [6, 6.07) is 12.2. The summed E-state index contributed by atoms with van der Waals surface area (Å²) < 4.78 is 32.0. The second kappa shape index (κ2) is 7.65. The highest BCUT2D eigenvalue weighted by Gasteiger charge is 2.23. The molecule has 27 heavy (non-hydrogen) atoms. The number of piperidine rings is 1. The highest BCUT2D eigenvalue weighted by Crippen LogP contribution is 2.23. The lowest BCUT2D eigenvalue weighted by atomic mass is 10.1. The number of ether oxygens (including phenoxy) is 1. The van der Waals surface area contributed by atoms with Crippen LogP contribution in [0.4, 0.5) is 14.7 Å². The Morgan fingerprint density at radius 2 is 1.52 bits per heavy atom. The Kier molecular flexibility index (Phi) is 4.91. The van der Waals surface area contributed by atoms with E-state index in [2.05, 4.69) is 20.1 Å². The number of aromatic nitrogens is 3. The van der Waals surface area contributed by atoms with Gasteiger partial charge in [-0.25, -0.2) is 13.8 Å². The van der Waals surface area contributed by atoms with Crippen LogP contribution in [-0.2, 0) is 0 Å². The second-order valence-electron chi connectivity index (χ2n) is 6.41. The maximum Gasteiger partial charge on any atom is 0.245 e. The SMILES string of the molecule is Fc1ccc(OC2CCN(c3nncc(-c4ccc(F)cc4)n3)CC2)cc1. The van der Waals surface area contributed by atoms with Gasteiger partial charge in [0, 0.05) is 31.5 Å².